The molecule has 0 unspecified atom stereocenters. The first-order chi connectivity index (χ1) is 13.0. The summed E-state index contributed by atoms with van der Waals surface area (Å²) in [5.74, 6) is 0.228. The second-order valence-electron chi connectivity index (χ2n) is 5.91. The first kappa shape index (κ1) is 19.1. The van der Waals surface area contributed by atoms with E-state index in [0.29, 0.717) is 33.3 Å². The molecule has 5 nitrogen and oxygen atoms in total. The lowest BCUT2D eigenvalue weighted by Crippen LogP contribution is -2.30. The Hall–Kier alpha value is -2.63. The van der Waals surface area contributed by atoms with Gasteiger partial charge in [-0.2, -0.15) is 0 Å². The Kier molecular flexibility index (Phi) is 5.94. The van der Waals surface area contributed by atoms with Crippen LogP contribution in [0.25, 0.3) is 17.0 Å². The number of aromatic nitrogens is 2. The van der Waals surface area contributed by atoms with Gasteiger partial charge in [0.15, 0.2) is 0 Å². The van der Waals surface area contributed by atoms with E-state index in [-0.39, 0.29) is 18.0 Å². The maximum absolute atomic E-state index is 12.5. The molecule has 138 valence electrons. The summed E-state index contributed by atoms with van der Waals surface area (Å²) in [6, 6.07) is 12.1. The number of halogens is 2. The summed E-state index contributed by atoms with van der Waals surface area (Å²) in [4.78, 5) is 33.4. The number of benzene rings is 2. The van der Waals surface area contributed by atoms with Crippen LogP contribution in [0, 0.1) is 0 Å². The van der Waals surface area contributed by atoms with E-state index in [1.807, 2.05) is 19.1 Å². The zero-order valence-electron chi connectivity index (χ0n) is 14.6. The smallest absolute Gasteiger partial charge is 0.258 e. The summed E-state index contributed by atoms with van der Waals surface area (Å²) in [5, 5.41) is 1.60. The number of carbonyl (C=O) groups is 1. The van der Waals surface area contributed by atoms with Crippen molar-refractivity contribution in [3.63, 3.8) is 0 Å². The summed E-state index contributed by atoms with van der Waals surface area (Å²) in [7, 11) is 0. The van der Waals surface area contributed by atoms with Gasteiger partial charge in [0.2, 0.25) is 5.91 Å². The number of aromatic amines is 1. The summed E-state index contributed by atoms with van der Waals surface area (Å²) in [5.41, 5.74) is 1.11. The number of likely N-dealkylation sites (N-methyl/N-ethyl adjacent to an activating group) is 1. The van der Waals surface area contributed by atoms with Crippen molar-refractivity contribution in [3.05, 3.63) is 80.3 Å². The molecule has 0 aliphatic heterocycles. The van der Waals surface area contributed by atoms with Gasteiger partial charge in [0.25, 0.3) is 5.56 Å². The van der Waals surface area contributed by atoms with Crippen LogP contribution in [-0.2, 0) is 11.3 Å². The zero-order chi connectivity index (χ0) is 19.4. The Labute approximate surface area is 166 Å². The van der Waals surface area contributed by atoms with Crippen LogP contribution < -0.4 is 5.56 Å². The standard InChI is InChI=1S/C20H17Cl2N3O2/c1-2-25(19(26)10-5-13-3-6-14(21)7-4-13)12-18-23-17-11-15(22)8-9-16(17)20(27)24-18/h3-11H,2,12H2,1H3,(H,23,24,27)/b10-5+. The Balaban J connectivity index is 1.79. The molecule has 0 fully saturated rings. The maximum atomic E-state index is 12.5. The monoisotopic (exact) mass is 401 g/mol. The molecule has 0 atom stereocenters. The van der Waals surface area contributed by atoms with Crippen molar-refractivity contribution in [2.45, 2.75) is 13.5 Å². The maximum Gasteiger partial charge on any atom is 0.258 e. The molecule has 3 aromatic rings. The average Bonchev–Trinajstić information content (AvgIpc) is 2.65. The summed E-state index contributed by atoms with van der Waals surface area (Å²) >= 11 is 11.8. The average molecular weight is 402 g/mol. The third-order valence-corrected chi connectivity index (χ3v) is 4.53. The number of carbonyl (C=O) groups excluding carboxylic acids is 1. The van der Waals surface area contributed by atoms with Crippen LogP contribution in [0.3, 0.4) is 0 Å². The number of hydrogen-bond acceptors (Lipinski definition) is 3. The van der Waals surface area contributed by atoms with E-state index in [1.165, 1.54) is 6.08 Å². The summed E-state index contributed by atoms with van der Waals surface area (Å²) < 4.78 is 0. The van der Waals surface area contributed by atoms with Gasteiger partial charge in [-0.3, -0.25) is 9.59 Å². The molecule has 0 aliphatic carbocycles. The lowest BCUT2D eigenvalue weighted by Gasteiger charge is -2.18. The fourth-order valence-electron chi connectivity index (χ4n) is 2.61. The molecule has 2 aromatic carbocycles. The molecule has 3 rings (SSSR count). The number of rotatable bonds is 5. The first-order valence-corrected chi connectivity index (χ1v) is 9.13. The van der Waals surface area contributed by atoms with Gasteiger partial charge in [-0.25, -0.2) is 4.98 Å². The van der Waals surface area contributed by atoms with Crippen LogP contribution in [0.1, 0.15) is 18.3 Å². The van der Waals surface area contributed by atoms with Gasteiger partial charge in [-0.1, -0.05) is 35.3 Å². The number of nitrogens with one attached hydrogen (secondary N) is 1. The predicted octanol–water partition coefficient (Wildman–Crippen LogP) is 4.29. The minimum absolute atomic E-state index is 0.179. The van der Waals surface area contributed by atoms with E-state index in [4.69, 9.17) is 23.2 Å². The minimum Gasteiger partial charge on any atom is -0.332 e. The van der Waals surface area contributed by atoms with E-state index in [9.17, 15) is 9.59 Å². The number of H-pyrrole nitrogens is 1. The van der Waals surface area contributed by atoms with E-state index in [1.54, 1.807) is 41.3 Å². The molecular formula is C20H17Cl2N3O2. The zero-order valence-corrected chi connectivity index (χ0v) is 16.1. The molecule has 1 N–H and O–H groups in total. The van der Waals surface area contributed by atoms with Gasteiger partial charge in [-0.05, 0) is 48.9 Å². The Bertz CT molecular complexity index is 1060. The molecule has 0 saturated heterocycles. The molecule has 0 spiro atoms. The molecule has 1 heterocycles. The molecule has 0 bridgehead atoms. The van der Waals surface area contributed by atoms with Gasteiger partial charge in [0.05, 0.1) is 17.4 Å². The summed E-state index contributed by atoms with van der Waals surface area (Å²) in [6.07, 6.45) is 3.21. The highest BCUT2D eigenvalue weighted by Gasteiger charge is 2.12. The molecule has 1 aromatic heterocycles. The largest absolute Gasteiger partial charge is 0.332 e. The third-order valence-electron chi connectivity index (χ3n) is 4.04. The van der Waals surface area contributed by atoms with Crippen molar-refractivity contribution in [3.8, 4) is 0 Å². The fourth-order valence-corrected chi connectivity index (χ4v) is 2.90. The highest BCUT2D eigenvalue weighted by Crippen LogP contribution is 2.15. The number of hydrogen-bond donors (Lipinski definition) is 1. The normalized spacial score (nSPS) is 11.2. The highest BCUT2D eigenvalue weighted by molar-refractivity contribution is 6.31. The Morgan fingerprint density at radius 3 is 2.56 bits per heavy atom. The summed E-state index contributed by atoms with van der Waals surface area (Å²) in [6.45, 7) is 2.53. The number of amides is 1. The quantitative estimate of drug-likeness (QED) is 0.648. The van der Waals surface area contributed by atoms with Crippen LogP contribution in [0.15, 0.2) is 53.3 Å². The number of fused-ring (bicyclic) bond motifs is 1. The Morgan fingerprint density at radius 2 is 1.85 bits per heavy atom. The second kappa shape index (κ2) is 8.37. The molecule has 0 radical (unpaired) electrons. The SMILES string of the molecule is CCN(Cc1nc2cc(Cl)ccc2c(=O)[nH]1)C(=O)/C=C/c1ccc(Cl)cc1. The topological polar surface area (TPSA) is 66.1 Å². The van der Waals surface area contributed by atoms with Gasteiger partial charge in [0, 0.05) is 22.7 Å². The van der Waals surface area contributed by atoms with Gasteiger partial charge < -0.3 is 9.88 Å². The lowest BCUT2D eigenvalue weighted by atomic mass is 10.2. The van der Waals surface area contributed by atoms with E-state index in [0.717, 1.165) is 5.56 Å². The van der Waals surface area contributed by atoms with Crippen LogP contribution in [0.5, 0.6) is 0 Å². The molecule has 1 amide bonds. The minimum atomic E-state index is -0.258. The number of nitrogens with zero attached hydrogens (tertiary/aromatic N) is 2. The van der Waals surface area contributed by atoms with Crippen molar-refractivity contribution in [1.82, 2.24) is 14.9 Å². The fraction of sp³-hybridized carbons (Fsp3) is 0.150. The van der Waals surface area contributed by atoms with Crippen LogP contribution >= 0.6 is 23.2 Å². The van der Waals surface area contributed by atoms with Gasteiger partial charge in [-0.15, -0.1) is 0 Å². The Morgan fingerprint density at radius 1 is 1.15 bits per heavy atom. The first-order valence-electron chi connectivity index (χ1n) is 8.37. The van der Waals surface area contributed by atoms with Gasteiger partial charge in [0.1, 0.15) is 5.82 Å². The highest BCUT2D eigenvalue weighted by atomic mass is 35.5. The van der Waals surface area contributed by atoms with Crippen molar-refractivity contribution >= 4 is 46.1 Å². The van der Waals surface area contributed by atoms with E-state index >= 15 is 0 Å². The molecule has 27 heavy (non-hydrogen) atoms. The lowest BCUT2D eigenvalue weighted by molar-refractivity contribution is -0.126. The predicted molar refractivity (Wildman–Crippen MR) is 109 cm³/mol. The molecule has 0 saturated carbocycles. The van der Waals surface area contributed by atoms with Crippen molar-refractivity contribution in [2.24, 2.45) is 0 Å². The third kappa shape index (κ3) is 4.76. The van der Waals surface area contributed by atoms with E-state index < -0.39 is 0 Å². The van der Waals surface area contributed by atoms with Gasteiger partial charge >= 0.3 is 0 Å². The molecule has 0 aliphatic rings. The van der Waals surface area contributed by atoms with Crippen LogP contribution in [0.2, 0.25) is 10.0 Å². The second-order valence-corrected chi connectivity index (χ2v) is 6.78. The van der Waals surface area contributed by atoms with Crippen molar-refractivity contribution in [2.75, 3.05) is 6.54 Å². The van der Waals surface area contributed by atoms with Crippen molar-refractivity contribution in [1.29, 1.82) is 0 Å². The molecule has 7 heteroatoms. The van der Waals surface area contributed by atoms with E-state index in [2.05, 4.69) is 9.97 Å². The van der Waals surface area contributed by atoms with Crippen LogP contribution in [-0.4, -0.2) is 27.3 Å². The molecular weight excluding hydrogens is 385 g/mol. The van der Waals surface area contributed by atoms with Crippen LogP contribution in [0.4, 0.5) is 0 Å². The van der Waals surface area contributed by atoms with Crippen molar-refractivity contribution < 1.29 is 4.79 Å².